The van der Waals surface area contributed by atoms with Crippen LogP contribution < -0.4 is 11.3 Å². The molecule has 4 rings (SSSR count). The van der Waals surface area contributed by atoms with Crippen LogP contribution in [0.25, 0.3) is 0 Å². The summed E-state index contributed by atoms with van der Waals surface area (Å²) in [5.41, 5.74) is 4.09. The van der Waals surface area contributed by atoms with E-state index in [0.29, 0.717) is 17.4 Å². The van der Waals surface area contributed by atoms with E-state index < -0.39 is 11.3 Å². The lowest BCUT2D eigenvalue weighted by molar-refractivity contribution is 0.0307. The quantitative estimate of drug-likeness (QED) is 0.503. The van der Waals surface area contributed by atoms with Gasteiger partial charge in [-0.25, -0.2) is 9.59 Å². The van der Waals surface area contributed by atoms with Gasteiger partial charge >= 0.3 is 11.3 Å². The molecule has 0 amide bonds. The molecule has 178 valence electrons. The zero-order chi connectivity index (χ0) is 24.1. The van der Waals surface area contributed by atoms with Gasteiger partial charge in [-0.2, -0.15) is 0 Å². The number of fused-ring (bicyclic) bond motifs is 3. The topological polar surface area (TPSA) is 47.3 Å². The Morgan fingerprint density at radius 1 is 0.939 bits per heavy atom. The highest BCUT2D eigenvalue weighted by molar-refractivity contribution is 5.41. The van der Waals surface area contributed by atoms with E-state index in [2.05, 4.69) is 58.9 Å². The summed E-state index contributed by atoms with van der Waals surface area (Å²) in [6, 6.07) is 11.0. The molecule has 0 saturated heterocycles. The summed E-state index contributed by atoms with van der Waals surface area (Å²) >= 11 is 0. The van der Waals surface area contributed by atoms with Crippen molar-refractivity contribution in [1.82, 2.24) is 0 Å². The molecule has 0 N–H and O–H groups in total. The molecule has 1 heterocycles. The Kier molecular flexibility index (Phi) is 6.22. The third kappa shape index (κ3) is 4.24. The Morgan fingerprint density at radius 3 is 2.21 bits per heavy atom. The number of benzene rings is 1. The molecular formula is C30H40O3. The van der Waals surface area contributed by atoms with E-state index in [-0.39, 0.29) is 22.7 Å². The third-order valence-corrected chi connectivity index (χ3v) is 8.74. The van der Waals surface area contributed by atoms with Gasteiger partial charge in [-0.15, -0.1) is 0 Å². The van der Waals surface area contributed by atoms with Crippen molar-refractivity contribution in [2.45, 2.75) is 104 Å². The molecule has 0 aliphatic heterocycles. The highest BCUT2D eigenvalue weighted by Crippen LogP contribution is 2.59. The van der Waals surface area contributed by atoms with Gasteiger partial charge in [0.2, 0.25) is 0 Å². The molecule has 3 heteroatoms. The number of hydrogen-bond acceptors (Lipinski definition) is 3. The number of hydrogen-bond donors (Lipinski definition) is 0. The lowest BCUT2D eigenvalue weighted by atomic mass is 9.49. The van der Waals surface area contributed by atoms with E-state index in [1.54, 1.807) is 0 Å². The summed E-state index contributed by atoms with van der Waals surface area (Å²) < 4.78 is 5.47. The van der Waals surface area contributed by atoms with Crippen molar-refractivity contribution in [1.29, 1.82) is 0 Å². The normalized spacial score (nSPS) is 26.2. The van der Waals surface area contributed by atoms with Gasteiger partial charge in [-0.1, -0.05) is 79.2 Å². The van der Waals surface area contributed by atoms with Gasteiger partial charge in [0.05, 0.1) is 0 Å². The monoisotopic (exact) mass is 448 g/mol. The highest BCUT2D eigenvalue weighted by Gasteiger charge is 2.53. The first kappa shape index (κ1) is 24.0. The van der Waals surface area contributed by atoms with Crippen molar-refractivity contribution < 1.29 is 4.42 Å². The van der Waals surface area contributed by atoms with E-state index in [4.69, 9.17) is 4.42 Å². The summed E-state index contributed by atoms with van der Waals surface area (Å²) in [6.07, 6.45) is 5.16. The predicted octanol–water partition coefficient (Wildman–Crippen LogP) is 7.06. The van der Waals surface area contributed by atoms with Gasteiger partial charge in [0.1, 0.15) is 0 Å². The smallest absolute Gasteiger partial charge is 0.342 e. The van der Waals surface area contributed by atoms with Gasteiger partial charge in [0.15, 0.2) is 0 Å². The Bertz CT molecular complexity index is 1140. The van der Waals surface area contributed by atoms with Crippen LogP contribution in [0.3, 0.4) is 0 Å². The second-order valence-electron chi connectivity index (χ2n) is 12.1. The second kappa shape index (κ2) is 8.56. The average Bonchev–Trinajstić information content (AvgIpc) is 2.85. The van der Waals surface area contributed by atoms with Gasteiger partial charge in [-0.05, 0) is 77.5 Å². The van der Waals surface area contributed by atoms with Crippen molar-refractivity contribution in [3.05, 3.63) is 79.0 Å². The molecule has 0 spiro atoms. The van der Waals surface area contributed by atoms with Crippen LogP contribution in [0.4, 0.5) is 0 Å². The SMILES string of the molecule is CC(C)c1ccc(C[C@H]2C[C@H]3C(C)(C)CCC[C@]3(C)c3c2cc(C(C)C)c(=O)oc3=O)cc1. The fourth-order valence-electron chi connectivity index (χ4n) is 6.83. The van der Waals surface area contributed by atoms with Gasteiger partial charge in [0, 0.05) is 16.5 Å². The Balaban J connectivity index is 1.91. The predicted molar refractivity (Wildman–Crippen MR) is 135 cm³/mol. The molecule has 0 radical (unpaired) electrons. The molecule has 2 aliphatic rings. The van der Waals surface area contributed by atoms with Crippen molar-refractivity contribution in [2.75, 3.05) is 0 Å². The first-order valence-corrected chi connectivity index (χ1v) is 12.8. The summed E-state index contributed by atoms with van der Waals surface area (Å²) in [4.78, 5) is 26.3. The largest absolute Gasteiger partial charge is 0.386 e. The zero-order valence-corrected chi connectivity index (χ0v) is 21.5. The van der Waals surface area contributed by atoms with Crippen LogP contribution in [-0.4, -0.2) is 0 Å². The van der Waals surface area contributed by atoms with Gasteiger partial charge in [0.25, 0.3) is 0 Å². The van der Waals surface area contributed by atoms with E-state index in [1.165, 1.54) is 17.5 Å². The van der Waals surface area contributed by atoms with Crippen LogP contribution in [0.5, 0.6) is 0 Å². The van der Waals surface area contributed by atoms with E-state index in [9.17, 15) is 9.59 Å². The van der Waals surface area contributed by atoms with Crippen LogP contribution in [0.15, 0.2) is 44.3 Å². The van der Waals surface area contributed by atoms with Crippen LogP contribution in [0, 0.1) is 11.3 Å². The lowest BCUT2D eigenvalue weighted by Gasteiger charge is -2.55. The van der Waals surface area contributed by atoms with E-state index in [1.807, 2.05) is 19.9 Å². The van der Waals surface area contributed by atoms with Crippen molar-refractivity contribution in [2.24, 2.45) is 11.3 Å². The Morgan fingerprint density at radius 2 is 1.61 bits per heavy atom. The molecule has 0 bridgehead atoms. The summed E-state index contributed by atoms with van der Waals surface area (Å²) in [6.45, 7) is 15.4. The maximum Gasteiger partial charge on any atom is 0.342 e. The molecule has 33 heavy (non-hydrogen) atoms. The molecule has 1 aromatic carbocycles. The molecule has 2 aliphatic carbocycles. The molecule has 1 fully saturated rings. The fourth-order valence-corrected chi connectivity index (χ4v) is 6.83. The third-order valence-electron chi connectivity index (χ3n) is 8.74. The molecule has 3 atom stereocenters. The minimum Gasteiger partial charge on any atom is -0.386 e. The lowest BCUT2D eigenvalue weighted by Crippen LogP contribution is -2.51. The summed E-state index contributed by atoms with van der Waals surface area (Å²) in [7, 11) is 0. The molecular weight excluding hydrogens is 408 g/mol. The van der Waals surface area contributed by atoms with Crippen LogP contribution >= 0.6 is 0 Å². The minimum absolute atomic E-state index is 0.0106. The molecule has 0 unspecified atom stereocenters. The van der Waals surface area contributed by atoms with E-state index >= 15 is 0 Å². The van der Waals surface area contributed by atoms with Crippen molar-refractivity contribution in [3.8, 4) is 0 Å². The highest BCUT2D eigenvalue weighted by atomic mass is 16.4. The van der Waals surface area contributed by atoms with Crippen LogP contribution in [0.1, 0.15) is 120 Å². The van der Waals surface area contributed by atoms with Crippen LogP contribution in [0.2, 0.25) is 0 Å². The first-order chi connectivity index (χ1) is 15.4. The fraction of sp³-hybridized carbons (Fsp3) is 0.600. The second-order valence-corrected chi connectivity index (χ2v) is 12.1. The maximum absolute atomic E-state index is 13.5. The molecule has 1 aromatic heterocycles. The van der Waals surface area contributed by atoms with Gasteiger partial charge in [-0.3, -0.25) is 0 Å². The average molecular weight is 449 g/mol. The van der Waals surface area contributed by atoms with E-state index in [0.717, 1.165) is 36.8 Å². The maximum atomic E-state index is 13.5. The van der Waals surface area contributed by atoms with Gasteiger partial charge < -0.3 is 4.42 Å². The van der Waals surface area contributed by atoms with Crippen LogP contribution in [-0.2, 0) is 11.8 Å². The zero-order valence-electron chi connectivity index (χ0n) is 21.5. The Labute approximate surface area is 198 Å². The molecule has 2 aromatic rings. The molecule has 3 nitrogen and oxygen atoms in total. The summed E-state index contributed by atoms with van der Waals surface area (Å²) in [5, 5.41) is 0. The van der Waals surface area contributed by atoms with Crippen molar-refractivity contribution >= 4 is 0 Å². The minimum atomic E-state index is -0.473. The first-order valence-electron chi connectivity index (χ1n) is 12.8. The Hall–Kier alpha value is -2.16. The summed E-state index contributed by atoms with van der Waals surface area (Å²) in [5.74, 6) is 1.10. The molecule has 1 saturated carbocycles. The standard InChI is InChI=1S/C30H40O3/c1-18(2)21-11-9-20(10-12-21)15-22-16-25-29(5,6)13-8-14-30(25,7)26-24(22)17-23(19(3)4)27(31)33-28(26)32/h9-12,17-19,22,25H,8,13-16H2,1-7H3/t22-,25-,30-/m0/s1. The number of rotatable bonds is 4. The van der Waals surface area contributed by atoms with Crippen molar-refractivity contribution in [3.63, 3.8) is 0 Å².